The second kappa shape index (κ2) is 5.28. The van der Waals surface area contributed by atoms with Crippen LogP contribution < -0.4 is 11.1 Å². The molecule has 3 rings (SSSR count). The van der Waals surface area contributed by atoms with Gasteiger partial charge in [-0.3, -0.25) is 4.79 Å². The minimum atomic E-state index is -0.216. The maximum absolute atomic E-state index is 12.2. The van der Waals surface area contributed by atoms with Gasteiger partial charge >= 0.3 is 0 Å². The summed E-state index contributed by atoms with van der Waals surface area (Å²) in [5, 5.41) is 2.91. The quantitative estimate of drug-likeness (QED) is 0.645. The van der Waals surface area contributed by atoms with Crippen molar-refractivity contribution < 1.29 is 4.79 Å². The van der Waals surface area contributed by atoms with Crippen molar-refractivity contribution in [1.82, 2.24) is 15.3 Å². The molecule has 1 unspecified atom stereocenters. The van der Waals surface area contributed by atoms with Gasteiger partial charge in [0.1, 0.15) is 5.82 Å². The third-order valence-corrected chi connectivity index (χ3v) is 3.31. The number of fused-ring (bicyclic) bond motifs is 1. The largest absolute Gasteiger partial charge is 0.399 e. The summed E-state index contributed by atoms with van der Waals surface area (Å²) in [5.41, 5.74) is 8.64. The van der Waals surface area contributed by atoms with Crippen molar-refractivity contribution in [2.24, 2.45) is 0 Å². The molecule has 5 nitrogen and oxygen atoms in total. The van der Waals surface area contributed by atoms with Crippen molar-refractivity contribution in [3.05, 3.63) is 59.9 Å². The molecule has 0 fully saturated rings. The van der Waals surface area contributed by atoms with Gasteiger partial charge in [0, 0.05) is 11.3 Å². The Kier molecular flexibility index (Phi) is 3.31. The number of nitrogens with two attached hydrogens (primary N) is 1. The highest BCUT2D eigenvalue weighted by Crippen LogP contribution is 2.16. The van der Waals surface area contributed by atoms with Crippen LogP contribution in [0.5, 0.6) is 0 Å². The Hall–Kier alpha value is -2.82. The second-order valence-corrected chi connectivity index (χ2v) is 4.96. The van der Waals surface area contributed by atoms with Crippen molar-refractivity contribution in [2.45, 2.75) is 13.0 Å². The maximum Gasteiger partial charge on any atom is 0.251 e. The number of amides is 1. The third kappa shape index (κ3) is 2.72. The Bertz CT molecular complexity index is 761. The number of benzene rings is 2. The molecule has 5 heteroatoms. The van der Waals surface area contributed by atoms with E-state index in [2.05, 4.69) is 15.3 Å². The molecular formula is C16H16N4O. The minimum Gasteiger partial charge on any atom is -0.399 e. The Morgan fingerprint density at radius 2 is 2.05 bits per heavy atom. The molecule has 0 aliphatic heterocycles. The summed E-state index contributed by atoms with van der Waals surface area (Å²) in [7, 11) is 0. The number of rotatable bonds is 3. The summed E-state index contributed by atoms with van der Waals surface area (Å²) >= 11 is 0. The molecule has 1 atom stereocenters. The average Bonchev–Trinajstić information content (AvgIpc) is 2.91. The molecule has 106 valence electrons. The van der Waals surface area contributed by atoms with E-state index in [1.54, 1.807) is 24.3 Å². The number of hydrogen-bond acceptors (Lipinski definition) is 3. The summed E-state index contributed by atoms with van der Waals surface area (Å²) in [6.45, 7) is 1.89. The van der Waals surface area contributed by atoms with E-state index in [1.165, 1.54) is 0 Å². The number of carbonyl (C=O) groups is 1. The van der Waals surface area contributed by atoms with Gasteiger partial charge in [-0.1, -0.05) is 18.2 Å². The van der Waals surface area contributed by atoms with E-state index >= 15 is 0 Å². The van der Waals surface area contributed by atoms with Crippen LogP contribution in [0.1, 0.15) is 29.1 Å². The van der Waals surface area contributed by atoms with Gasteiger partial charge in [0.25, 0.3) is 5.91 Å². The number of aromatic nitrogens is 2. The zero-order valence-electron chi connectivity index (χ0n) is 11.6. The maximum atomic E-state index is 12.2. The lowest BCUT2D eigenvalue weighted by molar-refractivity contribution is 0.0938. The number of anilines is 1. The van der Waals surface area contributed by atoms with Gasteiger partial charge in [0.2, 0.25) is 0 Å². The standard InChI is InChI=1S/C16H16N4O/c1-10(15-19-13-7-2-3-8-14(13)20-15)18-16(21)11-5-4-6-12(17)9-11/h2-10H,17H2,1H3,(H,18,21)(H,19,20). The predicted molar refractivity (Wildman–Crippen MR) is 82.8 cm³/mol. The van der Waals surface area contributed by atoms with Crippen molar-refractivity contribution in [3.63, 3.8) is 0 Å². The molecule has 1 heterocycles. The topological polar surface area (TPSA) is 83.8 Å². The summed E-state index contributed by atoms with van der Waals surface area (Å²) in [4.78, 5) is 19.9. The van der Waals surface area contributed by atoms with E-state index in [-0.39, 0.29) is 11.9 Å². The number of H-pyrrole nitrogens is 1. The Morgan fingerprint density at radius 1 is 1.24 bits per heavy atom. The fraction of sp³-hybridized carbons (Fsp3) is 0.125. The van der Waals surface area contributed by atoms with Crippen LogP contribution in [0.15, 0.2) is 48.5 Å². The minimum absolute atomic E-state index is 0.171. The smallest absolute Gasteiger partial charge is 0.251 e. The van der Waals surface area contributed by atoms with E-state index in [9.17, 15) is 4.79 Å². The zero-order chi connectivity index (χ0) is 14.8. The molecule has 1 aromatic heterocycles. The van der Waals surface area contributed by atoms with Crippen LogP contribution >= 0.6 is 0 Å². The van der Waals surface area contributed by atoms with Gasteiger partial charge in [-0.05, 0) is 37.3 Å². The van der Waals surface area contributed by atoms with Crippen molar-refractivity contribution in [1.29, 1.82) is 0 Å². The van der Waals surface area contributed by atoms with Gasteiger partial charge in [0.05, 0.1) is 17.1 Å². The first-order valence-electron chi connectivity index (χ1n) is 6.74. The van der Waals surface area contributed by atoms with E-state index in [4.69, 9.17) is 5.73 Å². The van der Waals surface area contributed by atoms with Gasteiger partial charge in [-0.25, -0.2) is 4.98 Å². The number of imidazole rings is 1. The lowest BCUT2D eigenvalue weighted by Gasteiger charge is -2.11. The molecule has 21 heavy (non-hydrogen) atoms. The van der Waals surface area contributed by atoms with E-state index in [0.717, 1.165) is 16.9 Å². The van der Waals surface area contributed by atoms with Gasteiger partial charge in [0.15, 0.2) is 0 Å². The van der Waals surface area contributed by atoms with Crippen molar-refractivity contribution in [3.8, 4) is 0 Å². The number of nitrogens with one attached hydrogen (secondary N) is 2. The fourth-order valence-corrected chi connectivity index (χ4v) is 2.21. The summed E-state index contributed by atoms with van der Waals surface area (Å²) in [5.74, 6) is 0.559. The molecule has 3 aromatic rings. The molecule has 2 aromatic carbocycles. The fourth-order valence-electron chi connectivity index (χ4n) is 2.21. The van der Waals surface area contributed by atoms with Gasteiger partial charge in [-0.15, -0.1) is 0 Å². The number of aromatic amines is 1. The first-order chi connectivity index (χ1) is 10.1. The highest BCUT2D eigenvalue weighted by Gasteiger charge is 2.14. The third-order valence-electron chi connectivity index (χ3n) is 3.31. The predicted octanol–water partition coefficient (Wildman–Crippen LogP) is 2.64. The number of nitrogens with zero attached hydrogens (tertiary/aromatic N) is 1. The van der Waals surface area contributed by atoms with Crippen LogP contribution in [0.2, 0.25) is 0 Å². The van der Waals surface area contributed by atoms with Crippen LogP contribution in [0.3, 0.4) is 0 Å². The van der Waals surface area contributed by atoms with Crippen LogP contribution in [0, 0.1) is 0 Å². The number of para-hydroxylation sites is 2. The summed E-state index contributed by atoms with van der Waals surface area (Å²) in [6, 6.07) is 14.4. The molecule has 4 N–H and O–H groups in total. The lowest BCUT2D eigenvalue weighted by Crippen LogP contribution is -2.27. The summed E-state index contributed by atoms with van der Waals surface area (Å²) in [6.07, 6.45) is 0. The van der Waals surface area contributed by atoms with E-state index < -0.39 is 0 Å². The second-order valence-electron chi connectivity index (χ2n) is 4.96. The Morgan fingerprint density at radius 3 is 2.81 bits per heavy atom. The molecule has 0 bridgehead atoms. The molecule has 0 aliphatic carbocycles. The molecule has 0 saturated carbocycles. The number of hydrogen-bond donors (Lipinski definition) is 3. The van der Waals surface area contributed by atoms with Crippen molar-refractivity contribution in [2.75, 3.05) is 5.73 Å². The highest BCUT2D eigenvalue weighted by atomic mass is 16.1. The van der Waals surface area contributed by atoms with E-state index in [1.807, 2.05) is 31.2 Å². The average molecular weight is 280 g/mol. The van der Waals surface area contributed by atoms with Crippen LogP contribution in [-0.4, -0.2) is 15.9 Å². The molecule has 0 spiro atoms. The number of nitrogen functional groups attached to an aromatic ring is 1. The highest BCUT2D eigenvalue weighted by molar-refractivity contribution is 5.95. The SMILES string of the molecule is CC(NC(=O)c1cccc(N)c1)c1nc2ccccc2[nH]1. The Balaban J connectivity index is 1.79. The first kappa shape index (κ1) is 13.2. The zero-order valence-corrected chi connectivity index (χ0v) is 11.6. The lowest BCUT2D eigenvalue weighted by atomic mass is 10.2. The first-order valence-corrected chi connectivity index (χ1v) is 6.74. The summed E-state index contributed by atoms with van der Waals surface area (Å²) < 4.78 is 0. The Labute approximate surface area is 122 Å². The van der Waals surface area contributed by atoms with Crippen LogP contribution in [-0.2, 0) is 0 Å². The molecule has 0 aliphatic rings. The van der Waals surface area contributed by atoms with E-state index in [0.29, 0.717) is 11.3 Å². The molecule has 0 saturated heterocycles. The molecular weight excluding hydrogens is 264 g/mol. The normalized spacial score (nSPS) is 12.2. The van der Waals surface area contributed by atoms with Crippen LogP contribution in [0.4, 0.5) is 5.69 Å². The van der Waals surface area contributed by atoms with Crippen LogP contribution in [0.25, 0.3) is 11.0 Å². The number of carbonyl (C=O) groups excluding carboxylic acids is 1. The monoisotopic (exact) mass is 280 g/mol. The van der Waals surface area contributed by atoms with Gasteiger partial charge in [-0.2, -0.15) is 0 Å². The molecule has 0 radical (unpaired) electrons. The van der Waals surface area contributed by atoms with Gasteiger partial charge < -0.3 is 16.0 Å². The van der Waals surface area contributed by atoms with Crippen molar-refractivity contribution >= 4 is 22.6 Å². The molecule has 1 amide bonds.